The van der Waals surface area contributed by atoms with Crippen LogP contribution < -0.4 is 10.6 Å². The molecule has 2 fully saturated rings. The molecule has 2 heterocycles. The van der Waals surface area contributed by atoms with Crippen LogP contribution in [-0.4, -0.2) is 42.4 Å². The second kappa shape index (κ2) is 6.26. The summed E-state index contributed by atoms with van der Waals surface area (Å²) in [5.74, 6) is 0.0363. The zero-order valence-electron chi connectivity index (χ0n) is 12.5. The Balaban J connectivity index is 1.77. The molecule has 2 amide bonds. The van der Waals surface area contributed by atoms with Gasteiger partial charge in [0.2, 0.25) is 11.8 Å². The molecule has 0 aromatic heterocycles. The molecule has 2 aliphatic heterocycles. The first-order valence-corrected chi connectivity index (χ1v) is 7.99. The van der Waals surface area contributed by atoms with Gasteiger partial charge >= 0.3 is 0 Å². The Morgan fingerprint density at radius 2 is 2.09 bits per heavy atom. The van der Waals surface area contributed by atoms with E-state index in [1.165, 1.54) is 0 Å². The van der Waals surface area contributed by atoms with E-state index in [0.29, 0.717) is 11.4 Å². The molecule has 0 unspecified atom stereocenters. The second-order valence-electron chi connectivity index (χ2n) is 5.97. The molecular formula is C16H20ClN3O2. The Bertz CT molecular complexity index is 569. The summed E-state index contributed by atoms with van der Waals surface area (Å²) in [7, 11) is 1.78. The predicted molar refractivity (Wildman–Crippen MR) is 84.5 cm³/mol. The number of carbonyl (C=O) groups is 2. The highest BCUT2D eigenvalue weighted by molar-refractivity contribution is 6.30. The largest absolute Gasteiger partial charge is 0.349 e. The lowest BCUT2D eigenvalue weighted by molar-refractivity contribution is -0.127. The lowest BCUT2D eigenvalue weighted by Crippen LogP contribution is -2.46. The van der Waals surface area contributed by atoms with Gasteiger partial charge in [-0.25, -0.2) is 0 Å². The van der Waals surface area contributed by atoms with E-state index in [-0.39, 0.29) is 29.9 Å². The molecule has 3 rings (SSSR count). The van der Waals surface area contributed by atoms with Gasteiger partial charge in [0, 0.05) is 18.5 Å². The monoisotopic (exact) mass is 321 g/mol. The van der Waals surface area contributed by atoms with Crippen molar-refractivity contribution in [2.75, 3.05) is 13.6 Å². The van der Waals surface area contributed by atoms with Crippen molar-refractivity contribution < 1.29 is 9.59 Å². The summed E-state index contributed by atoms with van der Waals surface area (Å²) >= 11 is 5.93. The summed E-state index contributed by atoms with van der Waals surface area (Å²) < 4.78 is 0. The van der Waals surface area contributed by atoms with Gasteiger partial charge in [0.1, 0.15) is 0 Å². The van der Waals surface area contributed by atoms with E-state index in [2.05, 4.69) is 10.6 Å². The van der Waals surface area contributed by atoms with Crippen LogP contribution in [0.5, 0.6) is 0 Å². The van der Waals surface area contributed by atoms with Gasteiger partial charge in [-0.15, -0.1) is 0 Å². The fourth-order valence-electron chi connectivity index (χ4n) is 3.31. The number of amides is 2. The molecule has 118 valence electrons. The number of nitrogens with one attached hydrogen (secondary N) is 2. The molecule has 2 saturated heterocycles. The molecule has 0 bridgehead atoms. The Hall–Kier alpha value is -1.59. The molecule has 3 atom stereocenters. The molecule has 0 aliphatic carbocycles. The van der Waals surface area contributed by atoms with E-state index in [4.69, 9.17) is 11.6 Å². The SMILES string of the molecule is CN1C(=O)C[C@H](NC(=O)[C@H]2CCCN2)[C@H]1c1ccc(Cl)cc1. The maximum atomic E-state index is 12.3. The first-order valence-electron chi connectivity index (χ1n) is 7.61. The van der Waals surface area contributed by atoms with Gasteiger partial charge < -0.3 is 15.5 Å². The molecule has 0 spiro atoms. The summed E-state index contributed by atoms with van der Waals surface area (Å²) in [5.41, 5.74) is 0.988. The van der Waals surface area contributed by atoms with Gasteiger partial charge in [-0.2, -0.15) is 0 Å². The molecule has 22 heavy (non-hydrogen) atoms. The molecule has 2 aliphatic rings. The number of hydrogen-bond acceptors (Lipinski definition) is 3. The van der Waals surface area contributed by atoms with Gasteiger partial charge in [0.15, 0.2) is 0 Å². The van der Waals surface area contributed by atoms with E-state index >= 15 is 0 Å². The minimum absolute atomic E-state index is 0.00966. The van der Waals surface area contributed by atoms with Crippen molar-refractivity contribution in [3.05, 3.63) is 34.9 Å². The topological polar surface area (TPSA) is 61.4 Å². The molecular weight excluding hydrogens is 302 g/mol. The number of benzene rings is 1. The normalized spacial score (nSPS) is 28.2. The molecule has 1 aromatic carbocycles. The van der Waals surface area contributed by atoms with E-state index in [0.717, 1.165) is 24.9 Å². The van der Waals surface area contributed by atoms with E-state index in [1.54, 1.807) is 11.9 Å². The number of halogens is 1. The van der Waals surface area contributed by atoms with Crippen LogP contribution in [0.25, 0.3) is 0 Å². The third kappa shape index (κ3) is 2.96. The number of rotatable bonds is 3. The van der Waals surface area contributed by atoms with Crippen molar-refractivity contribution in [3.8, 4) is 0 Å². The Morgan fingerprint density at radius 1 is 1.36 bits per heavy atom. The van der Waals surface area contributed by atoms with Crippen LogP contribution in [0.15, 0.2) is 24.3 Å². The molecule has 2 N–H and O–H groups in total. The van der Waals surface area contributed by atoms with Gasteiger partial charge in [0.05, 0.1) is 18.1 Å². The van der Waals surface area contributed by atoms with Gasteiger partial charge in [-0.05, 0) is 37.1 Å². The Kier molecular flexibility index (Phi) is 4.36. The van der Waals surface area contributed by atoms with Crippen LogP contribution in [0.1, 0.15) is 30.9 Å². The summed E-state index contributed by atoms with van der Waals surface area (Å²) in [6.07, 6.45) is 2.21. The van der Waals surface area contributed by atoms with Crippen molar-refractivity contribution in [3.63, 3.8) is 0 Å². The van der Waals surface area contributed by atoms with Crippen molar-refractivity contribution in [1.82, 2.24) is 15.5 Å². The minimum atomic E-state index is -0.200. The first kappa shape index (κ1) is 15.3. The zero-order chi connectivity index (χ0) is 15.7. The highest BCUT2D eigenvalue weighted by atomic mass is 35.5. The third-order valence-corrected chi connectivity index (χ3v) is 4.75. The van der Waals surface area contributed by atoms with Crippen molar-refractivity contribution in [2.45, 2.75) is 37.4 Å². The van der Waals surface area contributed by atoms with Crippen molar-refractivity contribution in [1.29, 1.82) is 0 Å². The third-order valence-electron chi connectivity index (χ3n) is 4.50. The fourth-order valence-corrected chi connectivity index (χ4v) is 3.43. The maximum absolute atomic E-state index is 12.3. The lowest BCUT2D eigenvalue weighted by atomic mass is 9.99. The van der Waals surface area contributed by atoms with E-state index < -0.39 is 0 Å². The second-order valence-corrected chi connectivity index (χ2v) is 6.41. The maximum Gasteiger partial charge on any atom is 0.237 e. The molecule has 6 heteroatoms. The number of hydrogen-bond donors (Lipinski definition) is 2. The van der Waals surface area contributed by atoms with Crippen LogP contribution in [0.4, 0.5) is 0 Å². The van der Waals surface area contributed by atoms with Crippen LogP contribution in [-0.2, 0) is 9.59 Å². The van der Waals surface area contributed by atoms with Gasteiger partial charge in [0.25, 0.3) is 0 Å². The average molecular weight is 322 g/mol. The number of likely N-dealkylation sites (tertiary alicyclic amines) is 1. The summed E-state index contributed by atoms with van der Waals surface area (Å²) in [4.78, 5) is 26.1. The van der Waals surface area contributed by atoms with E-state index in [1.807, 2.05) is 24.3 Å². The van der Waals surface area contributed by atoms with Crippen LogP contribution in [0.3, 0.4) is 0 Å². The molecule has 1 aromatic rings. The summed E-state index contributed by atoms with van der Waals surface area (Å²) in [6.45, 7) is 0.877. The van der Waals surface area contributed by atoms with Crippen LogP contribution >= 0.6 is 11.6 Å². The lowest BCUT2D eigenvalue weighted by Gasteiger charge is -2.27. The summed E-state index contributed by atoms with van der Waals surface area (Å²) in [5, 5.41) is 6.89. The van der Waals surface area contributed by atoms with Crippen LogP contribution in [0.2, 0.25) is 5.02 Å². The predicted octanol–water partition coefficient (Wildman–Crippen LogP) is 1.48. The quantitative estimate of drug-likeness (QED) is 0.886. The fraction of sp³-hybridized carbons (Fsp3) is 0.500. The zero-order valence-corrected chi connectivity index (χ0v) is 13.3. The molecule has 0 radical (unpaired) electrons. The number of nitrogens with zero attached hydrogens (tertiary/aromatic N) is 1. The molecule has 5 nitrogen and oxygen atoms in total. The average Bonchev–Trinajstić information content (AvgIpc) is 3.11. The van der Waals surface area contributed by atoms with Gasteiger partial charge in [-0.1, -0.05) is 23.7 Å². The van der Waals surface area contributed by atoms with Crippen molar-refractivity contribution in [2.24, 2.45) is 0 Å². The number of likely N-dealkylation sites (N-methyl/N-ethyl adjacent to an activating group) is 1. The Labute approximate surface area is 135 Å². The van der Waals surface area contributed by atoms with Crippen LogP contribution in [0, 0.1) is 0 Å². The van der Waals surface area contributed by atoms with Crippen molar-refractivity contribution >= 4 is 23.4 Å². The summed E-state index contributed by atoms with van der Waals surface area (Å²) in [6, 6.07) is 6.97. The van der Waals surface area contributed by atoms with E-state index in [9.17, 15) is 9.59 Å². The highest BCUT2D eigenvalue weighted by Gasteiger charge is 2.40. The standard InChI is InChI=1S/C16H20ClN3O2/c1-20-14(21)9-13(19-16(22)12-3-2-8-18-12)15(20)10-4-6-11(17)7-5-10/h4-7,12-13,15,18H,2-3,8-9H2,1H3,(H,19,22)/t12-,13+,15-/m1/s1. The number of carbonyl (C=O) groups excluding carboxylic acids is 2. The molecule has 0 saturated carbocycles. The Morgan fingerprint density at radius 3 is 2.73 bits per heavy atom. The minimum Gasteiger partial charge on any atom is -0.349 e. The smallest absolute Gasteiger partial charge is 0.237 e. The highest BCUT2D eigenvalue weighted by Crippen LogP contribution is 2.32. The van der Waals surface area contributed by atoms with Gasteiger partial charge in [-0.3, -0.25) is 9.59 Å². The first-order chi connectivity index (χ1) is 10.6.